The molecule has 3 aliphatic rings. The molecule has 1 aliphatic carbocycles. The molecule has 1 amide bonds. The van der Waals surface area contributed by atoms with E-state index in [9.17, 15) is 19.2 Å². The van der Waals surface area contributed by atoms with Crippen molar-refractivity contribution in [3.63, 3.8) is 0 Å². The summed E-state index contributed by atoms with van der Waals surface area (Å²) in [4.78, 5) is 78.1. The number of allylic oxidation sites excluding steroid dienone is 4. The zero-order valence-corrected chi connectivity index (χ0v) is 35.4. The number of carbonyl (C=O) groups excluding carboxylic acids is 4. The minimum atomic E-state index is -1.09. The Bertz CT molecular complexity index is 2470. The van der Waals surface area contributed by atoms with Crippen molar-refractivity contribution in [2.24, 2.45) is 17.6 Å². The molecule has 5 N–H and O–H groups in total. The maximum absolute atomic E-state index is 13.8. The number of nitrogens with one attached hydrogen (secondary N) is 3. The van der Waals surface area contributed by atoms with Crippen LogP contribution in [-0.4, -0.2) is 90.1 Å². The van der Waals surface area contributed by atoms with E-state index in [0.717, 1.165) is 68.3 Å². The Hall–Kier alpha value is -6.42. The quantitative estimate of drug-likeness (QED) is 0.0791. The summed E-state index contributed by atoms with van der Waals surface area (Å²) in [5.41, 5.74) is 16.4. The molecule has 0 saturated carbocycles. The molecule has 0 fully saturated rings. The van der Waals surface area contributed by atoms with Gasteiger partial charge in [-0.2, -0.15) is 0 Å². The molecule has 60 heavy (non-hydrogen) atoms. The fourth-order valence-corrected chi connectivity index (χ4v) is 8.40. The van der Waals surface area contributed by atoms with Crippen molar-refractivity contribution < 1.29 is 38.3 Å². The maximum atomic E-state index is 13.8. The molecule has 318 valence electrons. The molecule has 16 heteroatoms. The Balaban J connectivity index is 0.00000163. The number of rotatable bonds is 11. The molecule has 3 aromatic rings. The minimum Gasteiger partial charge on any atom is -0.469 e. The van der Waals surface area contributed by atoms with Crippen LogP contribution in [0.1, 0.15) is 84.6 Å². The summed E-state index contributed by atoms with van der Waals surface area (Å²) in [6, 6.07) is 7.83. The molecule has 3 unspecified atom stereocenters. The summed E-state index contributed by atoms with van der Waals surface area (Å²) in [5, 5.41) is 11.7. The Morgan fingerprint density at radius 3 is 2.18 bits per heavy atom. The average molecular weight is 824 g/mol. The second kappa shape index (κ2) is 18.7. The first-order valence-corrected chi connectivity index (χ1v) is 19.6. The number of H-pyrrole nitrogens is 2. The molecule has 0 spiro atoms. The van der Waals surface area contributed by atoms with Crippen LogP contribution in [0.3, 0.4) is 0 Å². The van der Waals surface area contributed by atoms with Gasteiger partial charge in [0.25, 0.3) is 0 Å². The van der Waals surface area contributed by atoms with E-state index in [4.69, 9.17) is 40.0 Å². The predicted molar refractivity (Wildman–Crippen MR) is 229 cm³/mol. The third-order valence-corrected chi connectivity index (χ3v) is 11.6. The van der Waals surface area contributed by atoms with Gasteiger partial charge in [-0.05, 0) is 105 Å². The molecule has 6 rings (SSSR count). The number of nitrogens with two attached hydrogens (primary N) is 1. The van der Waals surface area contributed by atoms with Crippen LogP contribution in [0.4, 0.5) is 0 Å². The van der Waals surface area contributed by atoms with Crippen molar-refractivity contribution >= 4 is 68.7 Å². The number of aromatic amines is 2. The standard InChI is InChI=1S/C43H50N6O7.CH3NO2/c1-9-25-22(2)31-19-36-29-13-10-28(41(52)55-7)40(42(53)56-8)43(29,5)37(49-36)21-32-24(4)27(12-15-39(51)54-6)35(48-32)20-34-26(11-14-38(50)45-17-16-44)23(3)30(47-34)18-33(25)46-31;1-2(3)4/h9,13,18-21,28,40,46,48H,1,10-12,14-17,44H2,2-8H3,(H,45,50);1H3. The van der Waals surface area contributed by atoms with Crippen molar-refractivity contribution in [1.82, 2.24) is 25.3 Å². The van der Waals surface area contributed by atoms with E-state index in [1.165, 1.54) is 21.3 Å². The van der Waals surface area contributed by atoms with Crippen LogP contribution >= 0.6 is 0 Å². The van der Waals surface area contributed by atoms with Crippen molar-refractivity contribution in [1.29, 1.82) is 0 Å². The first-order valence-electron chi connectivity index (χ1n) is 19.6. The summed E-state index contributed by atoms with van der Waals surface area (Å²) >= 11 is 0. The Morgan fingerprint density at radius 2 is 1.55 bits per heavy atom. The van der Waals surface area contributed by atoms with E-state index >= 15 is 0 Å². The number of fused-ring (bicyclic) bond motifs is 11. The number of nitro groups is 1. The summed E-state index contributed by atoms with van der Waals surface area (Å²) in [5.74, 6) is -3.27. The summed E-state index contributed by atoms with van der Waals surface area (Å²) in [7, 11) is 4.88. The van der Waals surface area contributed by atoms with Crippen LogP contribution in [0.2, 0.25) is 0 Å². The van der Waals surface area contributed by atoms with E-state index < -0.39 is 34.1 Å². The lowest BCUT2D eigenvalue weighted by Gasteiger charge is -2.40. The van der Waals surface area contributed by atoms with Crippen LogP contribution in [0.5, 0.6) is 0 Å². The van der Waals surface area contributed by atoms with Gasteiger partial charge in [0, 0.05) is 58.5 Å². The van der Waals surface area contributed by atoms with Crippen LogP contribution < -0.4 is 11.1 Å². The van der Waals surface area contributed by atoms with Gasteiger partial charge in [0.2, 0.25) is 5.91 Å². The van der Waals surface area contributed by atoms with Gasteiger partial charge in [-0.3, -0.25) is 34.3 Å². The van der Waals surface area contributed by atoms with E-state index in [1.807, 2.05) is 58.0 Å². The van der Waals surface area contributed by atoms with E-state index in [-0.39, 0.29) is 31.1 Å². The molecule has 8 bridgehead atoms. The van der Waals surface area contributed by atoms with Crippen molar-refractivity contribution in [3.8, 4) is 0 Å². The number of amides is 1. The lowest BCUT2D eigenvalue weighted by Crippen LogP contribution is -2.47. The van der Waals surface area contributed by atoms with Gasteiger partial charge in [0.05, 0.1) is 61.4 Å². The topological polar surface area (TPSA) is 235 Å². The number of hydrogen-bond acceptors (Lipinski definition) is 12. The number of aryl methyl sites for hydroxylation is 3. The molecule has 0 aromatic carbocycles. The van der Waals surface area contributed by atoms with E-state index in [0.29, 0.717) is 48.5 Å². The second-order valence-electron chi connectivity index (χ2n) is 15.0. The molecule has 5 heterocycles. The van der Waals surface area contributed by atoms with Gasteiger partial charge < -0.3 is 35.2 Å². The Kier molecular flexibility index (Phi) is 13.9. The van der Waals surface area contributed by atoms with Gasteiger partial charge in [-0.25, -0.2) is 4.98 Å². The highest BCUT2D eigenvalue weighted by molar-refractivity contribution is 5.96. The van der Waals surface area contributed by atoms with Crippen LogP contribution in [0, 0.1) is 35.8 Å². The Morgan fingerprint density at radius 1 is 0.917 bits per heavy atom. The molecule has 3 aromatic heterocycles. The fourth-order valence-electron chi connectivity index (χ4n) is 8.40. The van der Waals surface area contributed by atoms with Gasteiger partial charge in [-0.15, -0.1) is 0 Å². The zero-order valence-electron chi connectivity index (χ0n) is 35.4. The largest absolute Gasteiger partial charge is 0.469 e. The monoisotopic (exact) mass is 823 g/mol. The molecule has 16 nitrogen and oxygen atoms in total. The molecule has 0 radical (unpaired) electrons. The van der Waals surface area contributed by atoms with Crippen molar-refractivity contribution in [3.05, 3.63) is 92.1 Å². The predicted octanol–water partition coefficient (Wildman–Crippen LogP) is 5.68. The second-order valence-corrected chi connectivity index (χ2v) is 15.0. The summed E-state index contributed by atoms with van der Waals surface area (Å²) in [6.45, 7) is 12.7. The highest BCUT2D eigenvalue weighted by Crippen LogP contribution is 2.54. The lowest BCUT2D eigenvalue weighted by molar-refractivity contribution is -0.445. The van der Waals surface area contributed by atoms with Crippen molar-refractivity contribution in [2.45, 2.75) is 65.2 Å². The number of hydrogen-bond donors (Lipinski definition) is 4. The first-order chi connectivity index (χ1) is 28.5. The summed E-state index contributed by atoms with van der Waals surface area (Å²) < 4.78 is 15.6. The number of methoxy groups -OCH3 is 3. The first kappa shape index (κ1) is 44.7. The summed E-state index contributed by atoms with van der Waals surface area (Å²) in [6.07, 6.45) is 5.21. The Labute approximate surface area is 347 Å². The third-order valence-electron chi connectivity index (χ3n) is 11.6. The molecule has 3 atom stereocenters. The van der Waals surface area contributed by atoms with Crippen LogP contribution in [-0.2, 0) is 45.2 Å². The zero-order chi connectivity index (χ0) is 44.1. The van der Waals surface area contributed by atoms with Gasteiger partial charge in [0.15, 0.2) is 7.05 Å². The smallest absolute Gasteiger partial charge is 0.310 e. The van der Waals surface area contributed by atoms with Gasteiger partial charge >= 0.3 is 17.9 Å². The number of ether oxygens (including phenoxy) is 3. The highest BCUT2D eigenvalue weighted by Gasteiger charge is 2.56. The highest BCUT2D eigenvalue weighted by atomic mass is 16.6. The number of esters is 3. The number of carbonyl (C=O) groups is 4. The average Bonchev–Trinajstić information content (AvgIpc) is 3.87. The fraction of sp³-hybridized carbons (Fsp3) is 0.409. The molecule has 0 saturated heterocycles. The minimum absolute atomic E-state index is 0.107. The SMILES string of the molecule is C=Cc1c(C)c2cc3nc(cc4[nH]c(cc5nc(cc1[nH]2)C(C)=C5CCC(=O)NCCN)c(CCC(=O)OC)c4C)C1(C)C3=CCC(C(=O)OC)C1C(=O)OC.C[N+](=O)[O-]. The normalized spacial score (nSPS) is 18.0. The van der Waals surface area contributed by atoms with Crippen LogP contribution in [0.15, 0.2) is 36.9 Å². The van der Waals surface area contributed by atoms with Gasteiger partial charge in [0.1, 0.15) is 0 Å². The van der Waals surface area contributed by atoms with Crippen LogP contribution in [0.25, 0.3) is 44.9 Å². The van der Waals surface area contributed by atoms with E-state index in [1.54, 1.807) is 6.08 Å². The molecular formula is C44H53N7O9. The molecular weight excluding hydrogens is 771 g/mol. The van der Waals surface area contributed by atoms with Gasteiger partial charge in [-0.1, -0.05) is 18.7 Å². The lowest BCUT2D eigenvalue weighted by atomic mass is 9.61. The van der Waals surface area contributed by atoms with Crippen molar-refractivity contribution in [2.75, 3.05) is 41.5 Å². The maximum Gasteiger partial charge on any atom is 0.310 e. The number of aromatic nitrogens is 4. The third kappa shape index (κ3) is 8.78. The number of nitrogens with zero attached hydrogens (tertiary/aromatic N) is 3. The molecule has 2 aliphatic heterocycles. The van der Waals surface area contributed by atoms with E-state index in [2.05, 4.69) is 21.9 Å².